The Hall–Kier alpha value is -3.73. The number of aromatic nitrogens is 2. The quantitative estimate of drug-likeness (QED) is 0.241. The van der Waals surface area contributed by atoms with Crippen LogP contribution in [-0.4, -0.2) is 9.55 Å². The van der Waals surface area contributed by atoms with Crippen molar-refractivity contribution in [3.63, 3.8) is 0 Å². The van der Waals surface area contributed by atoms with Gasteiger partial charge < -0.3 is 4.57 Å². The first kappa shape index (κ1) is 17.8. The third-order valence-corrected chi connectivity index (χ3v) is 9.04. The van der Waals surface area contributed by atoms with Gasteiger partial charge in [-0.05, 0) is 30.3 Å². The second kappa shape index (κ2) is 6.41. The van der Waals surface area contributed by atoms with E-state index in [9.17, 15) is 0 Å². The van der Waals surface area contributed by atoms with Crippen LogP contribution in [0.5, 0.6) is 0 Å². The van der Waals surface area contributed by atoms with Gasteiger partial charge in [0, 0.05) is 64.5 Å². The van der Waals surface area contributed by atoms with Crippen LogP contribution in [0.2, 0.25) is 0 Å². The molecule has 0 spiro atoms. The normalized spacial score (nSPS) is 12.2. The van der Waals surface area contributed by atoms with E-state index < -0.39 is 0 Å². The van der Waals surface area contributed by atoms with Crippen molar-refractivity contribution in [2.75, 3.05) is 0 Å². The zero-order valence-corrected chi connectivity index (χ0v) is 19.1. The standard InChI is InChI=1S/C29H16N2S2/c1-4-10-21-18(7-1)24-25-19-8-2-5-11-22(19)32-28(25)26-20-9-3-6-12-23(20)33-29(26)27(24)31(21)17-13-15-30-16-14-17/h1-16H. The summed E-state index contributed by atoms with van der Waals surface area (Å²) in [6.07, 6.45) is 3.77. The van der Waals surface area contributed by atoms with Gasteiger partial charge in [-0.1, -0.05) is 54.6 Å². The fourth-order valence-corrected chi connectivity index (χ4v) is 7.97. The van der Waals surface area contributed by atoms with Gasteiger partial charge >= 0.3 is 0 Å². The molecule has 0 radical (unpaired) electrons. The fourth-order valence-electron chi connectivity index (χ4n) is 5.38. The molecule has 0 atom stereocenters. The summed E-state index contributed by atoms with van der Waals surface area (Å²) >= 11 is 3.84. The van der Waals surface area contributed by atoms with E-state index in [0.29, 0.717) is 0 Å². The summed E-state index contributed by atoms with van der Waals surface area (Å²) in [7, 11) is 0. The lowest BCUT2D eigenvalue weighted by molar-refractivity contribution is 1.16. The molecule has 4 heteroatoms. The average molecular weight is 457 g/mol. The number of benzene rings is 4. The Bertz CT molecular complexity index is 2020. The van der Waals surface area contributed by atoms with E-state index in [1.165, 1.54) is 62.2 Å². The van der Waals surface area contributed by atoms with Crippen LogP contribution in [0.3, 0.4) is 0 Å². The molecule has 0 aliphatic rings. The minimum absolute atomic E-state index is 1.15. The highest BCUT2D eigenvalue weighted by Crippen LogP contribution is 2.51. The maximum Gasteiger partial charge on any atom is 0.0727 e. The summed E-state index contributed by atoms with van der Waals surface area (Å²) in [5.74, 6) is 0. The molecular weight excluding hydrogens is 440 g/mol. The van der Waals surface area contributed by atoms with E-state index in [4.69, 9.17) is 0 Å². The molecule has 8 rings (SSSR count). The van der Waals surface area contributed by atoms with Crippen LogP contribution < -0.4 is 0 Å². The second-order valence-electron chi connectivity index (χ2n) is 8.39. The third-order valence-electron chi connectivity index (χ3n) is 6.68. The Morgan fingerprint density at radius 3 is 1.91 bits per heavy atom. The van der Waals surface area contributed by atoms with E-state index >= 15 is 0 Å². The maximum absolute atomic E-state index is 4.29. The van der Waals surface area contributed by atoms with Crippen molar-refractivity contribution < 1.29 is 0 Å². The molecule has 0 saturated heterocycles. The summed E-state index contributed by atoms with van der Waals surface area (Å²) in [5.41, 5.74) is 3.68. The highest BCUT2D eigenvalue weighted by atomic mass is 32.1. The molecule has 0 aliphatic carbocycles. The minimum atomic E-state index is 1.15. The van der Waals surface area contributed by atoms with Crippen LogP contribution in [0.1, 0.15) is 0 Å². The van der Waals surface area contributed by atoms with Gasteiger partial charge in [-0.25, -0.2) is 0 Å². The van der Waals surface area contributed by atoms with E-state index in [2.05, 4.69) is 94.5 Å². The smallest absolute Gasteiger partial charge is 0.0727 e. The molecule has 8 aromatic rings. The largest absolute Gasteiger partial charge is 0.308 e. The summed E-state index contributed by atoms with van der Waals surface area (Å²) in [6, 6.07) is 30.8. The number of fused-ring (bicyclic) bond motifs is 12. The van der Waals surface area contributed by atoms with Gasteiger partial charge in [-0.3, -0.25) is 4.98 Å². The average Bonchev–Trinajstić information content (AvgIpc) is 3.54. The van der Waals surface area contributed by atoms with Gasteiger partial charge in [0.15, 0.2) is 0 Å². The molecule has 0 fully saturated rings. The van der Waals surface area contributed by atoms with E-state index in [1.807, 2.05) is 35.1 Å². The summed E-state index contributed by atoms with van der Waals surface area (Å²) in [6.45, 7) is 0. The molecule has 0 aliphatic heterocycles. The first-order valence-electron chi connectivity index (χ1n) is 11.0. The van der Waals surface area contributed by atoms with Crippen LogP contribution >= 0.6 is 22.7 Å². The van der Waals surface area contributed by atoms with Gasteiger partial charge in [0.2, 0.25) is 0 Å². The van der Waals surface area contributed by atoms with Crippen molar-refractivity contribution in [1.82, 2.24) is 9.55 Å². The monoisotopic (exact) mass is 456 g/mol. The molecule has 0 unspecified atom stereocenters. The molecule has 2 nitrogen and oxygen atoms in total. The van der Waals surface area contributed by atoms with Crippen molar-refractivity contribution in [3.8, 4) is 5.69 Å². The van der Waals surface area contributed by atoms with Gasteiger partial charge in [0.1, 0.15) is 0 Å². The number of nitrogens with zero attached hydrogens (tertiary/aromatic N) is 2. The fraction of sp³-hybridized carbons (Fsp3) is 0. The molecule has 0 bridgehead atoms. The Morgan fingerprint density at radius 1 is 0.545 bits per heavy atom. The van der Waals surface area contributed by atoms with Gasteiger partial charge in [-0.15, -0.1) is 22.7 Å². The Labute approximate surface area is 196 Å². The lowest BCUT2D eigenvalue weighted by Crippen LogP contribution is -1.93. The highest BCUT2D eigenvalue weighted by molar-refractivity contribution is 7.30. The van der Waals surface area contributed by atoms with Gasteiger partial charge in [0.05, 0.1) is 15.7 Å². The summed E-state index contributed by atoms with van der Waals surface area (Å²) in [4.78, 5) is 4.29. The number of rotatable bonds is 1. The van der Waals surface area contributed by atoms with Crippen LogP contribution in [-0.2, 0) is 0 Å². The lowest BCUT2D eigenvalue weighted by Gasteiger charge is -2.08. The minimum Gasteiger partial charge on any atom is -0.308 e. The molecule has 4 aromatic carbocycles. The number of para-hydroxylation sites is 1. The van der Waals surface area contributed by atoms with Crippen LogP contribution in [0.25, 0.3) is 67.8 Å². The predicted octanol–water partition coefficient (Wildman–Crippen LogP) is 8.91. The van der Waals surface area contributed by atoms with Crippen molar-refractivity contribution in [1.29, 1.82) is 0 Å². The van der Waals surface area contributed by atoms with Gasteiger partial charge in [0.25, 0.3) is 0 Å². The van der Waals surface area contributed by atoms with E-state index in [0.717, 1.165) is 5.69 Å². The molecule has 0 saturated carbocycles. The van der Waals surface area contributed by atoms with Crippen molar-refractivity contribution in [2.45, 2.75) is 0 Å². The molecule has 0 N–H and O–H groups in total. The van der Waals surface area contributed by atoms with E-state index in [-0.39, 0.29) is 0 Å². The van der Waals surface area contributed by atoms with Crippen LogP contribution in [0.15, 0.2) is 97.3 Å². The number of hydrogen-bond donors (Lipinski definition) is 0. The van der Waals surface area contributed by atoms with Crippen LogP contribution in [0.4, 0.5) is 0 Å². The van der Waals surface area contributed by atoms with Crippen molar-refractivity contribution in [2.24, 2.45) is 0 Å². The Balaban J connectivity index is 1.80. The SMILES string of the molecule is c1ccc2c(c1)sc1c2c2sc3ccccc3c2c2c3ccccc3n(-c3ccncc3)c12. The van der Waals surface area contributed by atoms with Crippen molar-refractivity contribution in [3.05, 3.63) is 97.3 Å². The molecular formula is C29H16N2S2. The summed E-state index contributed by atoms with van der Waals surface area (Å²) < 4.78 is 7.88. The van der Waals surface area contributed by atoms with E-state index in [1.54, 1.807) is 0 Å². The first-order valence-corrected chi connectivity index (χ1v) is 12.6. The molecule has 4 aromatic heterocycles. The zero-order chi connectivity index (χ0) is 21.5. The number of thiophene rings is 2. The lowest BCUT2D eigenvalue weighted by atomic mass is 10.0. The first-order chi connectivity index (χ1) is 16.4. The molecule has 0 amide bonds. The molecule has 4 heterocycles. The zero-order valence-electron chi connectivity index (χ0n) is 17.4. The number of pyridine rings is 1. The topological polar surface area (TPSA) is 17.8 Å². The van der Waals surface area contributed by atoms with Crippen molar-refractivity contribution >= 4 is 84.8 Å². The highest BCUT2D eigenvalue weighted by Gasteiger charge is 2.23. The maximum atomic E-state index is 4.29. The second-order valence-corrected chi connectivity index (χ2v) is 10.5. The Morgan fingerprint density at radius 2 is 1.15 bits per heavy atom. The predicted molar refractivity (Wildman–Crippen MR) is 144 cm³/mol. The third kappa shape index (κ3) is 2.24. The Kier molecular flexibility index (Phi) is 3.45. The van der Waals surface area contributed by atoms with Crippen LogP contribution in [0, 0.1) is 0 Å². The summed E-state index contributed by atoms with van der Waals surface area (Å²) in [5, 5.41) is 8.12. The number of hydrogen-bond acceptors (Lipinski definition) is 3. The van der Waals surface area contributed by atoms with Gasteiger partial charge in [-0.2, -0.15) is 0 Å². The molecule has 33 heavy (non-hydrogen) atoms. The molecule has 154 valence electrons.